The van der Waals surface area contributed by atoms with Gasteiger partial charge in [-0.15, -0.1) is 0 Å². The summed E-state index contributed by atoms with van der Waals surface area (Å²) < 4.78 is 1.42. The lowest BCUT2D eigenvalue weighted by molar-refractivity contribution is -0.123. The van der Waals surface area contributed by atoms with Crippen LogP contribution in [0, 0.1) is 13.8 Å². The van der Waals surface area contributed by atoms with E-state index in [4.69, 9.17) is 5.73 Å². The Bertz CT molecular complexity index is 491. The van der Waals surface area contributed by atoms with Crippen molar-refractivity contribution in [2.75, 3.05) is 12.3 Å². The summed E-state index contributed by atoms with van der Waals surface area (Å²) in [6, 6.07) is 1.26. The van der Waals surface area contributed by atoms with E-state index in [9.17, 15) is 9.59 Å². The third-order valence-electron chi connectivity index (χ3n) is 2.80. The molecule has 0 bridgehead atoms. The molecule has 0 aliphatic carbocycles. The first-order valence-electron chi connectivity index (χ1n) is 5.66. The van der Waals surface area contributed by atoms with Crippen molar-refractivity contribution in [3.63, 3.8) is 0 Å². The molecule has 0 spiro atoms. The zero-order valence-corrected chi connectivity index (χ0v) is 10.7. The number of carbonyl (C=O) groups is 1. The molecule has 1 atom stereocenters. The number of nitrogens with two attached hydrogens (primary N) is 1. The van der Waals surface area contributed by atoms with Gasteiger partial charge in [0.2, 0.25) is 5.91 Å². The summed E-state index contributed by atoms with van der Waals surface area (Å²) >= 11 is 0. The van der Waals surface area contributed by atoms with E-state index in [0.29, 0.717) is 6.54 Å². The number of likely N-dealkylation sites (N-methyl/N-ethyl adjacent to an activating group) is 1. The molecule has 17 heavy (non-hydrogen) atoms. The molecule has 0 aromatic carbocycles. The van der Waals surface area contributed by atoms with Crippen LogP contribution in [0.2, 0.25) is 0 Å². The highest BCUT2D eigenvalue weighted by Gasteiger charge is 2.18. The minimum Gasteiger partial charge on any atom is -0.394 e. The van der Waals surface area contributed by atoms with Crippen LogP contribution in [0.25, 0.3) is 0 Å². The summed E-state index contributed by atoms with van der Waals surface area (Å²) in [4.78, 5) is 23.8. The highest BCUT2D eigenvalue weighted by Crippen LogP contribution is 2.12. The molecule has 5 nitrogen and oxygen atoms in total. The lowest BCUT2D eigenvalue weighted by Gasteiger charge is -2.18. The first kappa shape index (κ1) is 13.3. The topological polar surface area (TPSA) is 77.1 Å². The predicted octanol–water partition coefficient (Wildman–Crippen LogP) is 0.744. The maximum absolute atomic E-state index is 12.0. The molecule has 1 aromatic rings. The molecule has 1 heterocycles. The molecule has 1 rings (SSSR count). The van der Waals surface area contributed by atoms with Gasteiger partial charge in [-0.2, -0.15) is 0 Å². The van der Waals surface area contributed by atoms with Crippen molar-refractivity contribution >= 4 is 11.6 Å². The minimum absolute atomic E-state index is 0.180. The Kier molecular flexibility index (Phi) is 3.93. The normalized spacial score (nSPS) is 12.2. The second-order valence-electron chi connectivity index (χ2n) is 4.13. The fourth-order valence-corrected chi connectivity index (χ4v) is 1.84. The van der Waals surface area contributed by atoms with Gasteiger partial charge in [0, 0.05) is 12.2 Å². The molecule has 0 fully saturated rings. The number of nitrogen functional groups attached to an aromatic ring is 1. The Morgan fingerprint density at radius 2 is 2.12 bits per heavy atom. The first-order valence-corrected chi connectivity index (χ1v) is 5.66. The molecule has 0 saturated heterocycles. The van der Waals surface area contributed by atoms with E-state index in [1.165, 1.54) is 4.57 Å². The molecule has 0 aliphatic heterocycles. The van der Waals surface area contributed by atoms with E-state index in [1.54, 1.807) is 20.8 Å². The van der Waals surface area contributed by atoms with Gasteiger partial charge < -0.3 is 11.1 Å². The van der Waals surface area contributed by atoms with E-state index in [1.807, 2.05) is 13.0 Å². The van der Waals surface area contributed by atoms with Gasteiger partial charge in [-0.25, -0.2) is 0 Å². The number of nitrogens with zero attached hydrogens (tertiary/aromatic N) is 1. The van der Waals surface area contributed by atoms with Crippen LogP contribution >= 0.6 is 0 Å². The largest absolute Gasteiger partial charge is 0.394 e. The van der Waals surface area contributed by atoms with Crippen molar-refractivity contribution < 1.29 is 4.79 Å². The standard InChI is InChI=1S/C12H19N3O2/c1-5-14-11(16)9(4)15-8(3)6-7(2)10(13)12(15)17/h6,9H,5,13H2,1-4H3,(H,14,16). The Labute approximate surface area is 101 Å². The molecular weight excluding hydrogens is 218 g/mol. The molecule has 1 aromatic heterocycles. The molecule has 1 unspecified atom stereocenters. The maximum Gasteiger partial charge on any atom is 0.274 e. The Morgan fingerprint density at radius 3 is 2.65 bits per heavy atom. The van der Waals surface area contributed by atoms with Gasteiger partial charge >= 0.3 is 0 Å². The predicted molar refractivity (Wildman–Crippen MR) is 68.0 cm³/mol. The van der Waals surface area contributed by atoms with Crippen LogP contribution in [0.15, 0.2) is 10.9 Å². The van der Waals surface area contributed by atoms with Crippen molar-refractivity contribution in [1.82, 2.24) is 9.88 Å². The van der Waals surface area contributed by atoms with Crippen molar-refractivity contribution in [1.29, 1.82) is 0 Å². The number of aryl methyl sites for hydroxylation is 2. The molecule has 3 N–H and O–H groups in total. The molecule has 0 radical (unpaired) electrons. The lowest BCUT2D eigenvalue weighted by Crippen LogP contribution is -2.37. The first-order chi connectivity index (χ1) is 7.90. The van der Waals surface area contributed by atoms with Gasteiger partial charge in [-0.3, -0.25) is 14.2 Å². The number of hydrogen-bond acceptors (Lipinski definition) is 3. The third-order valence-corrected chi connectivity index (χ3v) is 2.80. The minimum atomic E-state index is -0.551. The summed E-state index contributed by atoms with van der Waals surface area (Å²) in [7, 11) is 0. The zero-order chi connectivity index (χ0) is 13.2. The van der Waals surface area contributed by atoms with Crippen LogP contribution in [0.5, 0.6) is 0 Å². The van der Waals surface area contributed by atoms with Crippen LogP contribution < -0.4 is 16.6 Å². The van der Waals surface area contributed by atoms with Crippen LogP contribution in [0.3, 0.4) is 0 Å². The third kappa shape index (κ3) is 2.49. The van der Waals surface area contributed by atoms with Gasteiger partial charge in [-0.05, 0) is 39.3 Å². The number of carbonyl (C=O) groups excluding carboxylic acids is 1. The van der Waals surface area contributed by atoms with Crippen LogP contribution in [0.1, 0.15) is 31.1 Å². The van der Waals surface area contributed by atoms with Gasteiger partial charge in [-0.1, -0.05) is 0 Å². The number of pyridine rings is 1. The Balaban J connectivity index is 3.28. The van der Waals surface area contributed by atoms with Crippen LogP contribution in [0.4, 0.5) is 5.69 Å². The molecule has 5 heteroatoms. The SMILES string of the molecule is CCNC(=O)C(C)n1c(C)cc(C)c(N)c1=O. The second-order valence-corrected chi connectivity index (χ2v) is 4.13. The molecule has 0 saturated carbocycles. The molecule has 1 amide bonds. The average molecular weight is 237 g/mol. The monoisotopic (exact) mass is 237 g/mol. The van der Waals surface area contributed by atoms with Gasteiger partial charge in [0.05, 0.1) is 0 Å². The second kappa shape index (κ2) is 5.03. The van der Waals surface area contributed by atoms with E-state index in [0.717, 1.165) is 11.3 Å². The van der Waals surface area contributed by atoms with Crippen LogP contribution in [-0.2, 0) is 4.79 Å². The quantitative estimate of drug-likeness (QED) is 0.814. The Hall–Kier alpha value is -1.78. The molecule has 94 valence electrons. The summed E-state index contributed by atoms with van der Waals surface area (Å²) in [6.07, 6.45) is 0. The average Bonchev–Trinajstić information content (AvgIpc) is 2.26. The van der Waals surface area contributed by atoms with Crippen molar-refractivity contribution in [3.8, 4) is 0 Å². The van der Waals surface area contributed by atoms with Crippen molar-refractivity contribution in [2.45, 2.75) is 33.7 Å². The highest BCUT2D eigenvalue weighted by molar-refractivity contribution is 5.80. The van der Waals surface area contributed by atoms with Gasteiger partial charge in [0.15, 0.2) is 0 Å². The number of rotatable bonds is 3. The molecule has 0 aliphatic rings. The summed E-state index contributed by atoms with van der Waals surface area (Å²) in [5.41, 5.74) is 7.07. The van der Waals surface area contributed by atoms with Crippen LogP contribution in [-0.4, -0.2) is 17.0 Å². The molecular formula is C12H19N3O2. The zero-order valence-electron chi connectivity index (χ0n) is 10.7. The Morgan fingerprint density at radius 1 is 1.53 bits per heavy atom. The number of aromatic nitrogens is 1. The maximum atomic E-state index is 12.0. The van der Waals surface area contributed by atoms with E-state index < -0.39 is 6.04 Å². The number of nitrogens with one attached hydrogen (secondary N) is 1. The summed E-state index contributed by atoms with van der Waals surface area (Å²) in [5, 5.41) is 2.69. The smallest absolute Gasteiger partial charge is 0.274 e. The van der Waals surface area contributed by atoms with Crippen molar-refractivity contribution in [2.24, 2.45) is 0 Å². The fourth-order valence-electron chi connectivity index (χ4n) is 1.84. The number of hydrogen-bond donors (Lipinski definition) is 2. The number of anilines is 1. The highest BCUT2D eigenvalue weighted by atomic mass is 16.2. The lowest BCUT2D eigenvalue weighted by atomic mass is 10.2. The van der Waals surface area contributed by atoms with E-state index in [-0.39, 0.29) is 17.2 Å². The van der Waals surface area contributed by atoms with Crippen molar-refractivity contribution in [3.05, 3.63) is 27.7 Å². The van der Waals surface area contributed by atoms with Gasteiger partial charge in [0.1, 0.15) is 11.7 Å². The fraction of sp³-hybridized carbons (Fsp3) is 0.500. The van der Waals surface area contributed by atoms with Gasteiger partial charge in [0.25, 0.3) is 5.56 Å². The summed E-state index contributed by atoms with van der Waals surface area (Å²) in [6.45, 7) is 7.64. The van der Waals surface area contributed by atoms with E-state index >= 15 is 0 Å². The number of amides is 1. The van der Waals surface area contributed by atoms with E-state index in [2.05, 4.69) is 5.32 Å². The summed E-state index contributed by atoms with van der Waals surface area (Å²) in [5.74, 6) is -0.180.